The van der Waals surface area contributed by atoms with Gasteiger partial charge in [-0.05, 0) is 23.6 Å². The lowest BCUT2D eigenvalue weighted by molar-refractivity contribution is -0.139. The lowest BCUT2D eigenvalue weighted by atomic mass is 10.1. The molecule has 0 fully saturated rings. The van der Waals surface area contributed by atoms with E-state index < -0.39 is 10.0 Å². The molecule has 1 rings (SSSR count). The third-order valence-electron chi connectivity index (χ3n) is 3.47. The molecule has 0 heterocycles. The summed E-state index contributed by atoms with van der Waals surface area (Å²) in [4.78, 5) is 11.4. The predicted octanol–water partition coefficient (Wildman–Crippen LogP) is 2.07. The number of methoxy groups -OCH3 is 1. The van der Waals surface area contributed by atoms with Gasteiger partial charge in [-0.2, -0.15) is 0 Å². The van der Waals surface area contributed by atoms with Gasteiger partial charge in [0.25, 0.3) is 0 Å². The third kappa shape index (κ3) is 4.82. The second kappa shape index (κ2) is 7.56. The van der Waals surface area contributed by atoms with E-state index in [1.165, 1.54) is 23.5 Å². The standard InChI is InChI=1S/C15H23NO4S/c1-5-12(2)11-16(3)21(18,19)14-8-6-13(7-9-14)10-15(17)20-4/h6-9,12H,5,10-11H2,1-4H3. The molecule has 118 valence electrons. The minimum Gasteiger partial charge on any atom is -0.469 e. The maximum Gasteiger partial charge on any atom is 0.309 e. The molecule has 0 N–H and O–H groups in total. The lowest BCUT2D eigenvalue weighted by Gasteiger charge is -2.20. The van der Waals surface area contributed by atoms with Crippen molar-refractivity contribution < 1.29 is 17.9 Å². The molecule has 0 saturated heterocycles. The molecule has 21 heavy (non-hydrogen) atoms. The molecule has 0 aliphatic rings. The minimum absolute atomic E-state index is 0.138. The smallest absolute Gasteiger partial charge is 0.309 e. The molecule has 0 saturated carbocycles. The lowest BCUT2D eigenvalue weighted by Crippen LogP contribution is -2.31. The van der Waals surface area contributed by atoms with E-state index in [1.807, 2.05) is 13.8 Å². The number of hydrogen-bond acceptors (Lipinski definition) is 4. The summed E-state index contributed by atoms with van der Waals surface area (Å²) in [5.41, 5.74) is 0.727. The molecule has 0 aliphatic heterocycles. The number of hydrogen-bond donors (Lipinski definition) is 0. The van der Waals surface area contributed by atoms with Gasteiger partial charge in [-0.3, -0.25) is 4.79 Å². The Labute approximate surface area is 127 Å². The number of sulfonamides is 1. The van der Waals surface area contributed by atoms with E-state index >= 15 is 0 Å². The molecule has 0 radical (unpaired) electrons. The van der Waals surface area contributed by atoms with Crippen molar-refractivity contribution in [2.24, 2.45) is 5.92 Å². The molecular formula is C15H23NO4S. The van der Waals surface area contributed by atoms with Crippen molar-refractivity contribution >= 4 is 16.0 Å². The SMILES string of the molecule is CCC(C)CN(C)S(=O)(=O)c1ccc(CC(=O)OC)cc1. The molecule has 5 nitrogen and oxygen atoms in total. The van der Waals surface area contributed by atoms with Gasteiger partial charge in [0.05, 0.1) is 18.4 Å². The van der Waals surface area contributed by atoms with E-state index in [0.717, 1.165) is 12.0 Å². The Morgan fingerprint density at radius 3 is 2.33 bits per heavy atom. The molecule has 0 spiro atoms. The van der Waals surface area contributed by atoms with E-state index in [-0.39, 0.29) is 17.3 Å². The highest BCUT2D eigenvalue weighted by atomic mass is 32.2. The summed E-state index contributed by atoms with van der Waals surface area (Å²) in [6.07, 6.45) is 1.07. The van der Waals surface area contributed by atoms with E-state index in [1.54, 1.807) is 19.2 Å². The molecule has 1 aromatic rings. The summed E-state index contributed by atoms with van der Waals surface area (Å²) < 4.78 is 30.8. The first-order valence-corrected chi connectivity index (χ1v) is 8.37. The zero-order valence-electron chi connectivity index (χ0n) is 13.0. The van der Waals surface area contributed by atoms with E-state index in [9.17, 15) is 13.2 Å². The summed E-state index contributed by atoms with van der Waals surface area (Å²) in [6.45, 7) is 4.54. The van der Waals surface area contributed by atoms with Crippen LogP contribution < -0.4 is 0 Å². The van der Waals surface area contributed by atoms with Crippen molar-refractivity contribution in [3.05, 3.63) is 29.8 Å². The van der Waals surface area contributed by atoms with Crippen molar-refractivity contribution in [1.29, 1.82) is 0 Å². The average molecular weight is 313 g/mol. The highest BCUT2D eigenvalue weighted by Crippen LogP contribution is 2.17. The molecule has 1 aromatic carbocycles. The molecule has 0 aliphatic carbocycles. The number of nitrogens with zero attached hydrogens (tertiary/aromatic N) is 1. The zero-order valence-corrected chi connectivity index (χ0v) is 13.8. The quantitative estimate of drug-likeness (QED) is 0.723. The first-order valence-electron chi connectivity index (χ1n) is 6.93. The van der Waals surface area contributed by atoms with Crippen LogP contribution in [0.1, 0.15) is 25.8 Å². The van der Waals surface area contributed by atoms with E-state index in [0.29, 0.717) is 12.5 Å². The van der Waals surface area contributed by atoms with Crippen LogP contribution in [0.15, 0.2) is 29.2 Å². The van der Waals surface area contributed by atoms with Crippen molar-refractivity contribution in [1.82, 2.24) is 4.31 Å². The first kappa shape index (κ1) is 17.7. The average Bonchev–Trinajstić information content (AvgIpc) is 2.47. The van der Waals surface area contributed by atoms with Crippen LogP contribution in [0.25, 0.3) is 0 Å². The Morgan fingerprint density at radius 1 is 1.29 bits per heavy atom. The van der Waals surface area contributed by atoms with Crippen molar-refractivity contribution in [2.45, 2.75) is 31.6 Å². The minimum atomic E-state index is -3.48. The molecule has 0 aromatic heterocycles. The van der Waals surface area contributed by atoms with Gasteiger partial charge in [0.2, 0.25) is 10.0 Å². The van der Waals surface area contributed by atoms with Gasteiger partial charge in [-0.1, -0.05) is 32.4 Å². The van der Waals surface area contributed by atoms with Crippen molar-refractivity contribution in [3.63, 3.8) is 0 Å². The van der Waals surface area contributed by atoms with Crippen LogP contribution in [0.4, 0.5) is 0 Å². The third-order valence-corrected chi connectivity index (χ3v) is 5.31. The summed E-state index contributed by atoms with van der Waals surface area (Å²) in [7, 11) is -0.566. The van der Waals surface area contributed by atoms with Crippen LogP contribution >= 0.6 is 0 Å². The molecular weight excluding hydrogens is 290 g/mol. The summed E-state index contributed by atoms with van der Waals surface area (Å²) >= 11 is 0. The Morgan fingerprint density at radius 2 is 1.86 bits per heavy atom. The Bertz CT molecular complexity index is 566. The first-order chi connectivity index (χ1) is 9.81. The predicted molar refractivity (Wildman–Crippen MR) is 81.4 cm³/mol. The molecule has 6 heteroatoms. The fourth-order valence-electron chi connectivity index (χ4n) is 1.86. The van der Waals surface area contributed by atoms with Gasteiger partial charge in [-0.15, -0.1) is 0 Å². The monoisotopic (exact) mass is 313 g/mol. The summed E-state index contributed by atoms with van der Waals surface area (Å²) in [5, 5.41) is 0. The number of ether oxygens (including phenoxy) is 1. The van der Waals surface area contributed by atoms with E-state index in [2.05, 4.69) is 4.74 Å². The van der Waals surface area contributed by atoms with Crippen LogP contribution in [0, 0.1) is 5.92 Å². The van der Waals surface area contributed by atoms with Gasteiger partial charge < -0.3 is 4.74 Å². The second-order valence-corrected chi connectivity index (χ2v) is 7.24. The highest BCUT2D eigenvalue weighted by Gasteiger charge is 2.21. The Balaban J connectivity index is 2.87. The van der Waals surface area contributed by atoms with Gasteiger partial charge in [0.1, 0.15) is 0 Å². The Kier molecular flexibility index (Phi) is 6.36. The highest BCUT2D eigenvalue weighted by molar-refractivity contribution is 7.89. The second-order valence-electron chi connectivity index (χ2n) is 5.20. The number of carbonyl (C=O) groups excluding carboxylic acids is 1. The van der Waals surface area contributed by atoms with Crippen molar-refractivity contribution in [3.8, 4) is 0 Å². The normalized spacial score (nSPS) is 13.2. The van der Waals surface area contributed by atoms with Crippen LogP contribution in [0.2, 0.25) is 0 Å². The van der Waals surface area contributed by atoms with Gasteiger partial charge >= 0.3 is 5.97 Å². The van der Waals surface area contributed by atoms with Crippen LogP contribution in [-0.4, -0.2) is 39.4 Å². The Hall–Kier alpha value is -1.40. The number of esters is 1. The van der Waals surface area contributed by atoms with Gasteiger partial charge in [0, 0.05) is 13.6 Å². The van der Waals surface area contributed by atoms with Gasteiger partial charge in [0.15, 0.2) is 0 Å². The molecule has 1 unspecified atom stereocenters. The molecule has 0 bridgehead atoms. The number of carbonyl (C=O) groups is 1. The zero-order chi connectivity index (χ0) is 16.0. The summed E-state index contributed by atoms with van der Waals surface area (Å²) in [5.74, 6) is -0.0390. The largest absolute Gasteiger partial charge is 0.469 e. The maximum atomic E-state index is 12.4. The summed E-state index contributed by atoms with van der Waals surface area (Å²) in [6, 6.07) is 6.34. The van der Waals surface area contributed by atoms with Crippen molar-refractivity contribution in [2.75, 3.05) is 20.7 Å². The number of benzene rings is 1. The van der Waals surface area contributed by atoms with Crippen LogP contribution in [0.3, 0.4) is 0 Å². The molecule has 0 amide bonds. The van der Waals surface area contributed by atoms with E-state index in [4.69, 9.17) is 0 Å². The number of rotatable bonds is 7. The fourth-order valence-corrected chi connectivity index (χ4v) is 3.15. The molecule has 1 atom stereocenters. The topological polar surface area (TPSA) is 63.7 Å². The van der Waals surface area contributed by atoms with Crippen LogP contribution in [0.5, 0.6) is 0 Å². The van der Waals surface area contributed by atoms with Crippen LogP contribution in [-0.2, 0) is 26.0 Å². The fraction of sp³-hybridized carbons (Fsp3) is 0.533. The maximum absolute atomic E-state index is 12.4. The van der Waals surface area contributed by atoms with Gasteiger partial charge in [-0.25, -0.2) is 12.7 Å².